The normalized spacial score (nSPS) is 19.4. The predicted octanol–water partition coefficient (Wildman–Crippen LogP) is 4.88. The number of carbonyl (C=O) groups excluding carboxylic acids is 2. The Morgan fingerprint density at radius 3 is 2.56 bits per heavy atom. The van der Waals surface area contributed by atoms with Crippen molar-refractivity contribution in [3.63, 3.8) is 0 Å². The van der Waals surface area contributed by atoms with Gasteiger partial charge in [-0.3, -0.25) is 9.48 Å². The van der Waals surface area contributed by atoms with Crippen molar-refractivity contribution in [1.82, 2.24) is 24.8 Å². The largest absolute Gasteiger partial charge is 0.573 e. The molecule has 0 aliphatic carbocycles. The van der Waals surface area contributed by atoms with Crippen LogP contribution in [-0.4, -0.2) is 67.4 Å². The minimum Gasteiger partial charge on any atom is -0.444 e. The number of alkyl halides is 3. The third-order valence-corrected chi connectivity index (χ3v) is 6.67. The number of fused-ring (bicyclic) bond motifs is 1. The average molecular weight is 544 g/mol. The molecule has 2 aliphatic heterocycles. The van der Waals surface area contributed by atoms with Gasteiger partial charge in [0.15, 0.2) is 0 Å². The molecule has 2 aromatic carbocycles. The SMILES string of the molecule is CC(C)(C)OC(=O)N1C[C@H](N2Cc3ccc(-c4cccc(OC(F)(F)F)c4)cc3C2=O)C[C@H]1Cn1ccnn1. The average Bonchev–Trinajstić information content (AvgIpc) is 3.57. The van der Waals surface area contributed by atoms with Gasteiger partial charge in [-0.25, -0.2) is 4.79 Å². The van der Waals surface area contributed by atoms with Crippen molar-refractivity contribution < 1.29 is 32.2 Å². The molecule has 206 valence electrons. The summed E-state index contributed by atoms with van der Waals surface area (Å²) in [4.78, 5) is 30.0. The Hall–Kier alpha value is -4.09. The number of amides is 2. The zero-order valence-electron chi connectivity index (χ0n) is 21.7. The number of aromatic nitrogens is 3. The van der Waals surface area contributed by atoms with Crippen LogP contribution < -0.4 is 4.74 Å². The van der Waals surface area contributed by atoms with E-state index in [-0.39, 0.29) is 23.7 Å². The highest BCUT2D eigenvalue weighted by Crippen LogP contribution is 2.35. The highest BCUT2D eigenvalue weighted by molar-refractivity contribution is 5.99. The van der Waals surface area contributed by atoms with Crippen molar-refractivity contribution in [2.45, 2.75) is 64.3 Å². The van der Waals surface area contributed by atoms with Crippen molar-refractivity contribution in [3.05, 3.63) is 66.0 Å². The van der Waals surface area contributed by atoms with Crippen molar-refractivity contribution >= 4 is 12.0 Å². The zero-order valence-corrected chi connectivity index (χ0v) is 21.7. The number of hydrogen-bond donors (Lipinski definition) is 0. The summed E-state index contributed by atoms with van der Waals surface area (Å²) in [6.07, 6.45) is -1.45. The van der Waals surface area contributed by atoms with Crippen LogP contribution >= 0.6 is 0 Å². The number of halogens is 3. The molecule has 5 rings (SSSR count). The molecule has 0 saturated carbocycles. The molecule has 2 amide bonds. The van der Waals surface area contributed by atoms with Crippen LogP contribution in [0.1, 0.15) is 43.1 Å². The zero-order chi connectivity index (χ0) is 27.9. The molecule has 9 nitrogen and oxygen atoms in total. The van der Waals surface area contributed by atoms with Gasteiger partial charge in [-0.1, -0.05) is 29.5 Å². The maximum absolute atomic E-state index is 13.5. The minimum absolute atomic E-state index is 0.190. The second kappa shape index (κ2) is 9.90. The molecule has 2 aliphatic rings. The maximum Gasteiger partial charge on any atom is 0.573 e. The first-order chi connectivity index (χ1) is 18.4. The van der Waals surface area contributed by atoms with Gasteiger partial charge in [0, 0.05) is 24.8 Å². The van der Waals surface area contributed by atoms with Gasteiger partial charge in [-0.05, 0) is 62.1 Å². The van der Waals surface area contributed by atoms with Crippen LogP contribution in [-0.2, 0) is 17.8 Å². The van der Waals surface area contributed by atoms with E-state index in [0.29, 0.717) is 42.7 Å². The van der Waals surface area contributed by atoms with E-state index in [1.807, 2.05) is 6.07 Å². The van der Waals surface area contributed by atoms with Crippen molar-refractivity contribution in [3.8, 4) is 16.9 Å². The molecule has 0 N–H and O–H groups in total. The molecule has 0 unspecified atom stereocenters. The van der Waals surface area contributed by atoms with Gasteiger partial charge >= 0.3 is 12.5 Å². The Bertz CT molecular complexity index is 1370. The van der Waals surface area contributed by atoms with Crippen molar-refractivity contribution in [1.29, 1.82) is 0 Å². The molecule has 1 fully saturated rings. The van der Waals surface area contributed by atoms with Crippen LogP contribution in [0.4, 0.5) is 18.0 Å². The summed E-state index contributed by atoms with van der Waals surface area (Å²) in [6, 6.07) is 10.4. The first-order valence-electron chi connectivity index (χ1n) is 12.5. The third-order valence-electron chi connectivity index (χ3n) is 6.67. The summed E-state index contributed by atoms with van der Waals surface area (Å²) in [5.41, 5.74) is 1.72. The van der Waals surface area contributed by atoms with Crippen LogP contribution in [0.2, 0.25) is 0 Å². The molecule has 2 atom stereocenters. The lowest BCUT2D eigenvalue weighted by Crippen LogP contribution is -2.43. The van der Waals surface area contributed by atoms with Gasteiger partial charge < -0.3 is 19.3 Å². The topological polar surface area (TPSA) is 89.8 Å². The van der Waals surface area contributed by atoms with Crippen LogP contribution in [0.25, 0.3) is 11.1 Å². The van der Waals surface area contributed by atoms with Gasteiger partial charge in [-0.15, -0.1) is 18.3 Å². The van der Waals surface area contributed by atoms with Gasteiger partial charge in [0.2, 0.25) is 0 Å². The molecule has 0 radical (unpaired) electrons. The molecule has 1 aromatic heterocycles. The third kappa shape index (κ3) is 5.99. The standard InChI is InChI=1S/C27H28F3N5O4/c1-26(2,3)39-25(37)35-16-21(13-20(35)15-33-10-9-31-32-33)34-14-19-8-7-18(12-23(19)24(34)36)17-5-4-6-22(11-17)38-27(28,29)30/h4-12,20-21H,13-16H2,1-3H3/t20-,21+/m0/s1. The molecular formula is C27H28F3N5O4. The smallest absolute Gasteiger partial charge is 0.444 e. The Labute approximate surface area is 223 Å². The van der Waals surface area contributed by atoms with Crippen LogP contribution in [0.5, 0.6) is 5.75 Å². The van der Waals surface area contributed by atoms with Gasteiger partial charge in [0.25, 0.3) is 5.91 Å². The van der Waals surface area contributed by atoms with Crippen molar-refractivity contribution in [2.75, 3.05) is 6.54 Å². The number of rotatable bonds is 5. The Morgan fingerprint density at radius 1 is 1.10 bits per heavy atom. The van der Waals surface area contributed by atoms with Gasteiger partial charge in [0.1, 0.15) is 11.4 Å². The highest BCUT2D eigenvalue weighted by atomic mass is 19.4. The number of nitrogens with zero attached hydrogens (tertiary/aromatic N) is 5. The Balaban J connectivity index is 1.35. The number of carbonyl (C=O) groups is 2. The van der Waals surface area contributed by atoms with Crippen LogP contribution in [0, 0.1) is 0 Å². The molecule has 3 aromatic rings. The molecule has 3 heterocycles. The van der Waals surface area contributed by atoms with E-state index in [0.717, 1.165) is 5.56 Å². The summed E-state index contributed by atoms with van der Waals surface area (Å²) >= 11 is 0. The van der Waals surface area contributed by atoms with E-state index in [1.54, 1.807) is 65.8 Å². The summed E-state index contributed by atoms with van der Waals surface area (Å²) in [5.74, 6) is -0.523. The quantitative estimate of drug-likeness (QED) is 0.456. The fourth-order valence-electron chi connectivity index (χ4n) is 5.05. The monoisotopic (exact) mass is 543 g/mol. The lowest BCUT2D eigenvalue weighted by atomic mass is 10.0. The predicted molar refractivity (Wildman–Crippen MR) is 134 cm³/mol. The van der Waals surface area contributed by atoms with E-state index in [4.69, 9.17) is 4.74 Å². The Morgan fingerprint density at radius 2 is 1.87 bits per heavy atom. The van der Waals surface area contributed by atoms with E-state index < -0.39 is 18.1 Å². The molecular weight excluding hydrogens is 515 g/mol. The number of hydrogen-bond acceptors (Lipinski definition) is 6. The van der Waals surface area contributed by atoms with Crippen LogP contribution in [0.15, 0.2) is 54.9 Å². The molecule has 12 heteroatoms. The summed E-state index contributed by atoms with van der Waals surface area (Å²) in [5, 5.41) is 7.85. The second-order valence-corrected chi connectivity index (χ2v) is 10.7. The summed E-state index contributed by atoms with van der Waals surface area (Å²) in [6.45, 7) is 6.48. The lowest BCUT2D eigenvalue weighted by molar-refractivity contribution is -0.274. The molecule has 0 bridgehead atoms. The lowest BCUT2D eigenvalue weighted by Gasteiger charge is -2.28. The first kappa shape index (κ1) is 26.5. The number of ether oxygens (including phenoxy) is 2. The molecule has 39 heavy (non-hydrogen) atoms. The van der Waals surface area contributed by atoms with E-state index in [2.05, 4.69) is 15.0 Å². The maximum atomic E-state index is 13.5. The minimum atomic E-state index is -4.80. The number of likely N-dealkylation sites (tertiary alicyclic amines) is 1. The summed E-state index contributed by atoms with van der Waals surface area (Å²) < 4.78 is 49.4. The highest BCUT2D eigenvalue weighted by Gasteiger charge is 2.43. The second-order valence-electron chi connectivity index (χ2n) is 10.7. The van der Waals surface area contributed by atoms with E-state index in [1.165, 1.54) is 18.2 Å². The molecule has 1 saturated heterocycles. The first-order valence-corrected chi connectivity index (χ1v) is 12.5. The number of benzene rings is 2. The van der Waals surface area contributed by atoms with E-state index >= 15 is 0 Å². The fourth-order valence-corrected chi connectivity index (χ4v) is 5.05. The van der Waals surface area contributed by atoms with Crippen molar-refractivity contribution in [2.24, 2.45) is 0 Å². The van der Waals surface area contributed by atoms with Crippen LogP contribution in [0.3, 0.4) is 0 Å². The van der Waals surface area contributed by atoms with E-state index in [9.17, 15) is 22.8 Å². The fraction of sp³-hybridized carbons (Fsp3) is 0.407. The summed E-state index contributed by atoms with van der Waals surface area (Å²) in [7, 11) is 0. The molecule has 0 spiro atoms. The van der Waals surface area contributed by atoms with Gasteiger partial charge in [0.05, 0.1) is 24.8 Å². The van der Waals surface area contributed by atoms with Gasteiger partial charge in [-0.2, -0.15) is 0 Å². The Kier molecular flexibility index (Phi) is 6.73.